The van der Waals surface area contributed by atoms with E-state index in [1.54, 1.807) is 0 Å². The Morgan fingerprint density at radius 1 is 1.38 bits per heavy atom. The summed E-state index contributed by atoms with van der Waals surface area (Å²) in [5.74, 6) is -0.566. The molecule has 0 amide bonds. The first-order chi connectivity index (χ1) is 7.27. The Balaban J connectivity index is 3.51. The summed E-state index contributed by atoms with van der Waals surface area (Å²) in [6.07, 6.45) is -4.15. The van der Waals surface area contributed by atoms with Crippen molar-refractivity contribution in [2.45, 2.75) is 13.1 Å². The fraction of sp³-hybridized carbons (Fsp3) is 0.200. The zero-order chi connectivity index (χ0) is 12.5. The molecular weight excluding hydrogens is 336 g/mol. The molecule has 1 rings (SSSR count). The lowest BCUT2D eigenvalue weighted by Gasteiger charge is -2.11. The van der Waals surface area contributed by atoms with Gasteiger partial charge in [-0.05, 0) is 41.6 Å². The summed E-state index contributed by atoms with van der Waals surface area (Å²) in [5.41, 5.74) is -1.13. The number of benzene rings is 1. The van der Waals surface area contributed by atoms with E-state index in [1.165, 1.54) is 22.6 Å². The van der Waals surface area contributed by atoms with Gasteiger partial charge in [-0.15, -0.1) is 0 Å². The summed E-state index contributed by atoms with van der Waals surface area (Å²) < 4.78 is 37.5. The van der Waals surface area contributed by atoms with Crippen LogP contribution in [0.5, 0.6) is 0 Å². The predicted molar refractivity (Wildman–Crippen MR) is 59.6 cm³/mol. The summed E-state index contributed by atoms with van der Waals surface area (Å²) in [6.45, 7) is 1.12. The number of halogens is 4. The van der Waals surface area contributed by atoms with E-state index in [4.69, 9.17) is 0 Å². The zero-order valence-corrected chi connectivity index (χ0v) is 10.2. The van der Waals surface area contributed by atoms with Crippen LogP contribution in [0.2, 0.25) is 0 Å². The predicted octanol–water partition coefficient (Wildman–Crippen LogP) is 3.33. The van der Waals surface area contributed by atoms with Crippen LogP contribution in [-0.2, 0) is 6.18 Å². The molecule has 1 aromatic carbocycles. The van der Waals surface area contributed by atoms with Crippen molar-refractivity contribution in [1.29, 1.82) is 0 Å². The van der Waals surface area contributed by atoms with E-state index >= 15 is 0 Å². The van der Waals surface area contributed by atoms with Crippen molar-refractivity contribution in [3.8, 4) is 0 Å². The van der Waals surface area contributed by atoms with Gasteiger partial charge in [-0.3, -0.25) is 9.59 Å². The summed E-state index contributed by atoms with van der Waals surface area (Å²) in [6, 6.07) is 1.78. The van der Waals surface area contributed by atoms with Gasteiger partial charge >= 0.3 is 6.18 Å². The maximum Gasteiger partial charge on any atom is 0.417 e. The minimum Gasteiger partial charge on any atom is -0.298 e. The number of rotatable bonds is 2. The lowest BCUT2D eigenvalue weighted by Crippen LogP contribution is -2.11. The number of hydrogen-bond acceptors (Lipinski definition) is 2. The number of ketones is 1. The first kappa shape index (κ1) is 13.1. The fourth-order valence-corrected chi connectivity index (χ4v) is 2.01. The van der Waals surface area contributed by atoms with Crippen molar-refractivity contribution in [2.24, 2.45) is 0 Å². The molecule has 0 aliphatic heterocycles. The van der Waals surface area contributed by atoms with Crippen molar-refractivity contribution in [2.75, 3.05) is 0 Å². The second-order valence-corrected chi connectivity index (χ2v) is 4.25. The molecule has 0 aliphatic carbocycles. The smallest absolute Gasteiger partial charge is 0.298 e. The van der Waals surface area contributed by atoms with Crippen LogP contribution in [0, 0.1) is 3.57 Å². The van der Waals surface area contributed by atoms with Crippen LogP contribution in [0.4, 0.5) is 13.2 Å². The highest BCUT2D eigenvalue weighted by Gasteiger charge is 2.34. The molecule has 0 N–H and O–H groups in total. The Bertz CT molecular complexity index is 452. The first-order valence-corrected chi connectivity index (χ1v) is 5.22. The van der Waals surface area contributed by atoms with Crippen LogP contribution in [-0.4, -0.2) is 12.1 Å². The molecule has 0 atom stereocenters. The number of Topliss-reactive ketones (excluding diaryl/α,β-unsaturated/α-hetero) is 1. The van der Waals surface area contributed by atoms with Gasteiger partial charge < -0.3 is 0 Å². The maximum absolute atomic E-state index is 12.5. The Labute approximate surface area is 103 Å². The van der Waals surface area contributed by atoms with Gasteiger partial charge in [0.05, 0.1) is 5.56 Å². The lowest BCUT2D eigenvalue weighted by atomic mass is 10.0. The second kappa shape index (κ2) is 4.52. The van der Waals surface area contributed by atoms with Gasteiger partial charge in [0.25, 0.3) is 0 Å². The molecular formula is C10H6F3IO2. The van der Waals surface area contributed by atoms with E-state index in [0.29, 0.717) is 12.4 Å². The van der Waals surface area contributed by atoms with Crippen LogP contribution >= 0.6 is 22.6 Å². The van der Waals surface area contributed by atoms with Crippen LogP contribution < -0.4 is 0 Å². The zero-order valence-electron chi connectivity index (χ0n) is 8.06. The lowest BCUT2D eigenvalue weighted by molar-refractivity contribution is -0.138. The largest absolute Gasteiger partial charge is 0.417 e. The quantitative estimate of drug-likeness (QED) is 0.469. The summed E-state index contributed by atoms with van der Waals surface area (Å²) in [5, 5.41) is 0. The topological polar surface area (TPSA) is 34.1 Å². The normalized spacial score (nSPS) is 11.3. The number of hydrogen-bond donors (Lipinski definition) is 0. The Morgan fingerprint density at radius 3 is 2.31 bits per heavy atom. The highest BCUT2D eigenvalue weighted by Crippen LogP contribution is 2.34. The monoisotopic (exact) mass is 342 g/mol. The Kier molecular flexibility index (Phi) is 3.72. The summed E-state index contributed by atoms with van der Waals surface area (Å²) in [7, 11) is 0. The van der Waals surface area contributed by atoms with Gasteiger partial charge in [0.1, 0.15) is 0 Å². The minimum absolute atomic E-state index is 0.0232. The molecule has 0 bridgehead atoms. The molecule has 0 fully saturated rings. The highest BCUT2D eigenvalue weighted by atomic mass is 127. The average Bonchev–Trinajstić information content (AvgIpc) is 2.14. The van der Waals surface area contributed by atoms with E-state index in [1.807, 2.05) is 0 Å². The van der Waals surface area contributed by atoms with Gasteiger partial charge in [-0.25, -0.2) is 0 Å². The van der Waals surface area contributed by atoms with Crippen LogP contribution in [0.3, 0.4) is 0 Å². The van der Waals surface area contributed by atoms with Gasteiger partial charge in [-0.2, -0.15) is 13.2 Å². The number of aldehydes is 1. The molecule has 0 saturated carbocycles. The van der Waals surface area contributed by atoms with Crippen LogP contribution in [0.25, 0.3) is 0 Å². The van der Waals surface area contributed by atoms with Crippen molar-refractivity contribution in [1.82, 2.24) is 0 Å². The average molecular weight is 342 g/mol. The van der Waals surface area contributed by atoms with Crippen molar-refractivity contribution < 1.29 is 22.8 Å². The van der Waals surface area contributed by atoms with Crippen LogP contribution in [0.1, 0.15) is 33.2 Å². The van der Waals surface area contributed by atoms with Gasteiger partial charge in [0.15, 0.2) is 12.1 Å². The number of carbonyl (C=O) groups excluding carboxylic acids is 2. The number of carbonyl (C=O) groups is 2. The van der Waals surface area contributed by atoms with Gasteiger partial charge in [0.2, 0.25) is 0 Å². The van der Waals surface area contributed by atoms with Crippen LogP contribution in [0.15, 0.2) is 12.1 Å². The molecule has 0 spiro atoms. The summed E-state index contributed by atoms with van der Waals surface area (Å²) >= 11 is 1.48. The molecule has 0 unspecified atom stereocenters. The van der Waals surface area contributed by atoms with Crippen molar-refractivity contribution >= 4 is 34.7 Å². The molecule has 1 aromatic rings. The molecule has 86 valence electrons. The third kappa shape index (κ3) is 2.60. The minimum atomic E-state index is -4.53. The van der Waals surface area contributed by atoms with Crippen molar-refractivity contribution in [3.05, 3.63) is 32.4 Å². The van der Waals surface area contributed by atoms with E-state index in [2.05, 4.69) is 0 Å². The maximum atomic E-state index is 12.5. The third-order valence-electron chi connectivity index (χ3n) is 1.95. The molecule has 0 saturated heterocycles. The molecule has 2 nitrogen and oxygen atoms in total. The van der Waals surface area contributed by atoms with E-state index < -0.39 is 17.5 Å². The highest BCUT2D eigenvalue weighted by molar-refractivity contribution is 14.1. The Morgan fingerprint density at radius 2 is 1.94 bits per heavy atom. The molecule has 6 heteroatoms. The van der Waals surface area contributed by atoms with E-state index in [0.717, 1.165) is 13.0 Å². The molecule has 0 aliphatic rings. The van der Waals surface area contributed by atoms with E-state index in [-0.39, 0.29) is 14.7 Å². The Hall–Kier alpha value is -0.920. The molecule has 0 heterocycles. The van der Waals surface area contributed by atoms with E-state index in [9.17, 15) is 22.8 Å². The first-order valence-electron chi connectivity index (χ1n) is 4.14. The fourth-order valence-electron chi connectivity index (χ4n) is 1.21. The molecule has 16 heavy (non-hydrogen) atoms. The molecule has 0 radical (unpaired) electrons. The second-order valence-electron chi connectivity index (χ2n) is 3.09. The third-order valence-corrected chi connectivity index (χ3v) is 2.84. The summed E-state index contributed by atoms with van der Waals surface area (Å²) in [4.78, 5) is 21.7. The SMILES string of the molecule is CC(=O)c1cc(C(F)(F)F)c(I)cc1C=O. The number of alkyl halides is 3. The standard InChI is InChI=1S/C10H6F3IO2/c1-5(16)7-3-8(10(11,12)13)9(14)2-6(7)4-15/h2-4H,1H3. The van der Waals surface area contributed by atoms with Gasteiger partial charge in [0, 0.05) is 14.7 Å². The van der Waals surface area contributed by atoms with Crippen molar-refractivity contribution in [3.63, 3.8) is 0 Å². The molecule has 0 aromatic heterocycles. The van der Waals surface area contributed by atoms with Gasteiger partial charge in [-0.1, -0.05) is 0 Å².